The van der Waals surface area contributed by atoms with E-state index in [1.165, 1.54) is 0 Å². The Labute approximate surface area is 353 Å². The lowest BCUT2D eigenvalue weighted by molar-refractivity contribution is -0.139. The van der Waals surface area contributed by atoms with E-state index in [0.717, 1.165) is 134 Å². The molecule has 308 valence electrons. The van der Waals surface area contributed by atoms with Crippen LogP contribution in [0.3, 0.4) is 0 Å². The zero-order chi connectivity index (χ0) is 41.0. The van der Waals surface area contributed by atoms with E-state index in [0.29, 0.717) is 0 Å². The quantitative estimate of drug-likeness (QED) is 0.121. The third kappa shape index (κ3) is 7.94. The molecule has 4 aromatic carbocycles. The third-order valence-corrected chi connectivity index (χ3v) is 13.0. The predicted molar refractivity (Wildman–Crippen MR) is 237 cm³/mol. The van der Waals surface area contributed by atoms with Gasteiger partial charge in [-0.2, -0.15) is 0 Å². The van der Waals surface area contributed by atoms with Crippen molar-refractivity contribution >= 4 is 11.8 Å². The summed E-state index contributed by atoms with van der Waals surface area (Å²) in [4.78, 5) is 54.1. The lowest BCUT2D eigenvalue weighted by Gasteiger charge is -2.34. The molecular weight excluding hydrogens is 745 g/mol. The van der Waals surface area contributed by atoms with Crippen LogP contribution in [0.5, 0.6) is 0 Å². The van der Waals surface area contributed by atoms with Gasteiger partial charge in [-0.1, -0.05) is 123 Å². The van der Waals surface area contributed by atoms with Gasteiger partial charge in [0, 0.05) is 13.1 Å². The molecule has 60 heavy (non-hydrogen) atoms. The fourth-order valence-electron chi connectivity index (χ4n) is 9.81. The van der Waals surface area contributed by atoms with Gasteiger partial charge in [-0.15, -0.1) is 0 Å². The molecule has 6 aromatic rings. The zero-order valence-electron chi connectivity index (χ0n) is 34.8. The predicted octanol–water partition coefficient (Wildman–Crippen LogP) is 9.38. The molecule has 1 unspecified atom stereocenters. The van der Waals surface area contributed by atoms with Gasteiger partial charge in [-0.25, -0.2) is 9.97 Å². The second-order valence-corrected chi connectivity index (χ2v) is 16.5. The number of rotatable bonds is 13. The Kier molecular flexibility index (Phi) is 11.7. The van der Waals surface area contributed by atoms with Crippen molar-refractivity contribution in [1.29, 1.82) is 0 Å². The second kappa shape index (κ2) is 17.8. The second-order valence-electron chi connectivity index (χ2n) is 16.5. The summed E-state index contributed by atoms with van der Waals surface area (Å²) in [7, 11) is 0. The highest BCUT2D eigenvalue weighted by atomic mass is 16.2. The Morgan fingerprint density at radius 2 is 1.03 bits per heavy atom. The largest absolute Gasteiger partial charge is 0.340 e. The molecule has 0 aliphatic carbocycles. The minimum atomic E-state index is -0.312. The van der Waals surface area contributed by atoms with Crippen LogP contribution in [0.4, 0.5) is 0 Å². The molecule has 3 fully saturated rings. The number of hydrogen-bond donors (Lipinski definition) is 2. The molecule has 3 aliphatic rings. The highest BCUT2D eigenvalue weighted by Gasteiger charge is 2.40. The van der Waals surface area contributed by atoms with Crippen LogP contribution >= 0.6 is 0 Å². The van der Waals surface area contributed by atoms with Crippen molar-refractivity contribution in [3.63, 3.8) is 0 Å². The minimum Gasteiger partial charge on any atom is -0.340 e. The number of likely N-dealkylation sites (N-methyl/N-ethyl adjacent to an activating group) is 1. The van der Waals surface area contributed by atoms with E-state index in [2.05, 4.69) is 111 Å². The molecule has 3 saturated heterocycles. The summed E-state index contributed by atoms with van der Waals surface area (Å²) >= 11 is 0. The van der Waals surface area contributed by atoms with Gasteiger partial charge < -0.3 is 19.8 Å². The molecule has 2 aromatic heterocycles. The molecule has 9 rings (SSSR count). The van der Waals surface area contributed by atoms with E-state index >= 15 is 0 Å². The van der Waals surface area contributed by atoms with Crippen molar-refractivity contribution < 1.29 is 9.59 Å². The lowest BCUT2D eigenvalue weighted by Crippen LogP contribution is -2.43. The number of aromatic amines is 2. The molecule has 0 radical (unpaired) electrons. The topological polar surface area (TPSA) is 104 Å². The molecule has 5 heterocycles. The number of amides is 2. The van der Waals surface area contributed by atoms with E-state index in [4.69, 9.17) is 9.97 Å². The van der Waals surface area contributed by atoms with Crippen molar-refractivity contribution in [2.75, 3.05) is 39.3 Å². The number of nitrogens with one attached hydrogen (secondary N) is 2. The van der Waals surface area contributed by atoms with Crippen molar-refractivity contribution in [1.82, 2.24) is 39.5 Å². The molecule has 0 bridgehead atoms. The molecule has 3 aliphatic heterocycles. The summed E-state index contributed by atoms with van der Waals surface area (Å²) in [5, 5.41) is 0. The van der Waals surface area contributed by atoms with Gasteiger partial charge >= 0.3 is 0 Å². The highest BCUT2D eigenvalue weighted by molar-refractivity contribution is 5.85. The van der Waals surface area contributed by atoms with Crippen molar-refractivity contribution in [2.24, 2.45) is 0 Å². The number of benzene rings is 4. The Bertz CT molecular complexity index is 2190. The van der Waals surface area contributed by atoms with E-state index in [9.17, 15) is 9.59 Å². The maximum Gasteiger partial charge on any atom is 0.245 e. The molecule has 0 spiro atoms. The average molecular weight is 801 g/mol. The fraction of sp³-hybridized carbons (Fsp3) is 0.360. The van der Waals surface area contributed by atoms with Crippen LogP contribution in [-0.4, -0.2) is 90.6 Å². The van der Waals surface area contributed by atoms with E-state index in [1.54, 1.807) is 0 Å². The van der Waals surface area contributed by atoms with Crippen LogP contribution in [0.2, 0.25) is 0 Å². The molecule has 2 amide bonds. The van der Waals surface area contributed by atoms with E-state index in [1.807, 2.05) is 53.7 Å². The van der Waals surface area contributed by atoms with Crippen molar-refractivity contribution in [2.45, 2.75) is 76.5 Å². The Morgan fingerprint density at radius 3 is 1.52 bits per heavy atom. The van der Waals surface area contributed by atoms with Gasteiger partial charge in [0.05, 0.1) is 35.9 Å². The number of H-pyrrole nitrogens is 2. The number of carbonyl (C=O) groups excluding carboxylic acids is 2. The first-order valence-electron chi connectivity index (χ1n) is 22.0. The summed E-state index contributed by atoms with van der Waals surface area (Å²) in [6, 6.07) is 36.9. The van der Waals surface area contributed by atoms with Crippen LogP contribution in [0.25, 0.3) is 33.6 Å². The number of imidazole rings is 2. The molecule has 0 saturated carbocycles. The van der Waals surface area contributed by atoms with Gasteiger partial charge in [0.25, 0.3) is 0 Å². The van der Waals surface area contributed by atoms with Gasteiger partial charge in [0.15, 0.2) is 0 Å². The van der Waals surface area contributed by atoms with E-state index in [-0.39, 0.29) is 36.0 Å². The van der Waals surface area contributed by atoms with Gasteiger partial charge in [-0.3, -0.25) is 19.4 Å². The van der Waals surface area contributed by atoms with Gasteiger partial charge in [0.2, 0.25) is 11.8 Å². The number of aromatic nitrogens is 4. The summed E-state index contributed by atoms with van der Waals surface area (Å²) in [6.45, 7) is 9.24. The molecular formula is C50H56N8O2. The van der Waals surface area contributed by atoms with Gasteiger partial charge in [0.1, 0.15) is 23.7 Å². The van der Waals surface area contributed by atoms with Crippen LogP contribution in [-0.2, 0) is 9.59 Å². The standard InChI is InChI=1S/C50H56N8O2/c1-3-55(4-2)45(39-15-7-5-8-16-39)49(59)57-31-13-19-43(57)47-51-33-41(53-47)37-25-21-35(22-26-37)36-23-27-38(28-24-36)42-34-52-48(54-42)44-20-14-32-58(44)50(60)46(56-29-11-12-30-56)40-17-9-6-10-18-40/h5-10,15-18,21-28,33-34,43-46H,3-4,11-14,19-20,29-32H2,1-2H3,(H,51,53)(H,52,54)/t43-,44-,45?,46+/m0/s1. The third-order valence-electron chi connectivity index (χ3n) is 13.0. The summed E-state index contributed by atoms with van der Waals surface area (Å²) in [5.41, 5.74) is 8.36. The van der Waals surface area contributed by atoms with E-state index < -0.39 is 0 Å². The fourth-order valence-corrected chi connectivity index (χ4v) is 9.81. The minimum absolute atomic E-state index is 0.0621. The summed E-state index contributed by atoms with van der Waals surface area (Å²) in [5.74, 6) is 2.03. The monoisotopic (exact) mass is 800 g/mol. The molecule has 10 nitrogen and oxygen atoms in total. The first-order chi connectivity index (χ1) is 29.5. The lowest BCUT2D eigenvalue weighted by atomic mass is 10.0. The number of likely N-dealkylation sites (tertiary alicyclic amines) is 3. The Hall–Kier alpha value is -5.84. The Balaban J connectivity index is 0.864. The van der Waals surface area contributed by atoms with Gasteiger partial charge in [-0.05, 0) is 98.1 Å². The normalized spacial score (nSPS) is 19.3. The Morgan fingerprint density at radius 1 is 0.583 bits per heavy atom. The first kappa shape index (κ1) is 39.6. The zero-order valence-corrected chi connectivity index (χ0v) is 34.8. The maximum atomic E-state index is 14.3. The van der Waals surface area contributed by atoms with Crippen LogP contribution < -0.4 is 0 Å². The van der Waals surface area contributed by atoms with Crippen LogP contribution in [0, 0.1) is 0 Å². The maximum absolute atomic E-state index is 14.3. The SMILES string of the molecule is CCN(CC)C(C(=O)N1CCC[C@H]1c1ncc(-c2ccc(-c3ccc(-c4cnc([C@@H]5CCCN5C(=O)[C@@H](c5ccccc5)N5CCCC5)[nH]4)cc3)cc2)[nH]1)c1ccccc1. The molecule has 2 N–H and O–H groups in total. The smallest absolute Gasteiger partial charge is 0.245 e. The number of hydrogen-bond acceptors (Lipinski definition) is 6. The average Bonchev–Trinajstić information content (AvgIpc) is 4.16. The first-order valence-corrected chi connectivity index (χ1v) is 22.0. The molecule has 4 atom stereocenters. The van der Waals surface area contributed by atoms with Crippen LogP contribution in [0.15, 0.2) is 122 Å². The number of carbonyl (C=O) groups is 2. The molecule has 10 heteroatoms. The van der Waals surface area contributed by atoms with Crippen LogP contribution in [0.1, 0.15) is 99.3 Å². The summed E-state index contributed by atoms with van der Waals surface area (Å²) in [6.07, 6.45) is 9.79. The highest BCUT2D eigenvalue weighted by Crippen LogP contribution is 2.38. The number of nitrogens with zero attached hydrogens (tertiary/aromatic N) is 6. The summed E-state index contributed by atoms with van der Waals surface area (Å²) < 4.78 is 0. The van der Waals surface area contributed by atoms with Crippen molar-refractivity contribution in [3.05, 3.63) is 144 Å². The van der Waals surface area contributed by atoms with Crippen molar-refractivity contribution in [3.8, 4) is 33.6 Å².